The number of aromatic nitrogens is 3. The Kier molecular flexibility index (Phi) is 4.66. The fraction of sp³-hybridized carbons (Fsp3) is 0.812. The second-order valence-corrected chi connectivity index (χ2v) is 6.85. The minimum absolute atomic E-state index is 0.215. The molecule has 1 aromatic heterocycles. The third kappa shape index (κ3) is 3.70. The van der Waals surface area contributed by atoms with E-state index in [4.69, 9.17) is 9.47 Å². The summed E-state index contributed by atoms with van der Waals surface area (Å²) in [6, 6.07) is 0.219. The molecule has 1 saturated carbocycles. The average Bonchev–Trinajstić information content (AvgIpc) is 3.13. The van der Waals surface area contributed by atoms with Crippen LogP contribution in [-0.2, 0) is 9.47 Å². The molecule has 8 nitrogen and oxygen atoms in total. The van der Waals surface area contributed by atoms with E-state index in [9.17, 15) is 4.79 Å². The lowest BCUT2D eigenvalue weighted by atomic mass is 10.2. The van der Waals surface area contributed by atoms with Gasteiger partial charge in [0.25, 0.3) is 0 Å². The van der Waals surface area contributed by atoms with Crippen LogP contribution in [0, 0.1) is 0 Å². The molecule has 0 bridgehead atoms. The van der Waals surface area contributed by atoms with Crippen LogP contribution in [0.2, 0.25) is 0 Å². The Bertz CT molecular complexity index is 568. The van der Waals surface area contributed by atoms with Crippen molar-refractivity contribution in [3.05, 3.63) is 11.9 Å². The summed E-state index contributed by atoms with van der Waals surface area (Å²) in [5, 5.41) is 8.50. The summed E-state index contributed by atoms with van der Waals surface area (Å²) in [4.78, 5) is 16.2. The fourth-order valence-corrected chi connectivity index (χ4v) is 3.34. The van der Waals surface area contributed by atoms with Crippen molar-refractivity contribution in [3.63, 3.8) is 0 Å². The molecule has 1 aromatic rings. The molecule has 3 heterocycles. The number of carbonyl (C=O) groups excluding carboxylic acids is 1. The molecule has 1 amide bonds. The largest absolute Gasteiger partial charge is 0.448 e. The van der Waals surface area contributed by atoms with Crippen molar-refractivity contribution in [3.8, 4) is 0 Å². The molecule has 0 spiro atoms. The van der Waals surface area contributed by atoms with Crippen LogP contribution >= 0.6 is 0 Å². The van der Waals surface area contributed by atoms with Crippen LogP contribution in [0.4, 0.5) is 4.79 Å². The van der Waals surface area contributed by atoms with Crippen molar-refractivity contribution in [1.82, 2.24) is 24.8 Å². The molecular formula is C16H25N5O3. The number of morpholine rings is 1. The minimum atomic E-state index is -0.215. The predicted octanol–water partition coefficient (Wildman–Crippen LogP) is 0.871. The van der Waals surface area contributed by atoms with Gasteiger partial charge in [0.05, 0.1) is 24.9 Å². The number of rotatable bonds is 5. The zero-order valence-corrected chi connectivity index (χ0v) is 14.0. The zero-order valence-electron chi connectivity index (χ0n) is 14.0. The molecule has 0 N–H and O–H groups in total. The van der Waals surface area contributed by atoms with E-state index in [1.807, 2.05) is 4.68 Å². The maximum absolute atomic E-state index is 12.2. The van der Waals surface area contributed by atoms with Gasteiger partial charge in [-0.3, -0.25) is 4.90 Å². The predicted molar refractivity (Wildman–Crippen MR) is 85.8 cm³/mol. The molecule has 3 fully saturated rings. The molecule has 2 aliphatic heterocycles. The Hall–Kier alpha value is -1.67. The Balaban J connectivity index is 1.21. The summed E-state index contributed by atoms with van der Waals surface area (Å²) in [6.45, 7) is 5.96. The van der Waals surface area contributed by atoms with E-state index in [0.29, 0.717) is 19.1 Å². The Morgan fingerprint density at radius 1 is 1.25 bits per heavy atom. The minimum Gasteiger partial charge on any atom is -0.448 e. The molecular weight excluding hydrogens is 310 g/mol. The van der Waals surface area contributed by atoms with Crippen LogP contribution in [0.15, 0.2) is 6.20 Å². The Morgan fingerprint density at radius 2 is 2.08 bits per heavy atom. The first-order valence-corrected chi connectivity index (χ1v) is 8.93. The number of likely N-dealkylation sites (tertiary alicyclic amines) is 1. The van der Waals surface area contributed by atoms with Gasteiger partial charge in [-0.25, -0.2) is 9.48 Å². The molecule has 3 aliphatic rings. The summed E-state index contributed by atoms with van der Waals surface area (Å²) in [5.41, 5.74) is 1.10. The van der Waals surface area contributed by atoms with Gasteiger partial charge < -0.3 is 14.4 Å². The van der Waals surface area contributed by atoms with E-state index in [1.54, 1.807) is 4.90 Å². The van der Waals surface area contributed by atoms with Gasteiger partial charge in [0.2, 0.25) is 0 Å². The summed E-state index contributed by atoms with van der Waals surface area (Å²) < 4.78 is 12.7. The van der Waals surface area contributed by atoms with E-state index in [1.165, 1.54) is 12.8 Å². The Labute approximate surface area is 141 Å². The highest BCUT2D eigenvalue weighted by Gasteiger charge is 2.31. The molecule has 0 aromatic carbocycles. The van der Waals surface area contributed by atoms with Crippen LogP contribution in [0.1, 0.15) is 36.9 Å². The average molecular weight is 335 g/mol. The van der Waals surface area contributed by atoms with Crippen LogP contribution in [0.5, 0.6) is 0 Å². The summed E-state index contributed by atoms with van der Waals surface area (Å²) in [7, 11) is 0. The number of hydrogen-bond acceptors (Lipinski definition) is 6. The maximum Gasteiger partial charge on any atom is 0.409 e. The van der Waals surface area contributed by atoms with Gasteiger partial charge >= 0.3 is 6.09 Å². The normalized spacial score (nSPS) is 25.2. The third-order valence-electron chi connectivity index (χ3n) is 5.06. The highest BCUT2D eigenvalue weighted by Crippen LogP contribution is 2.39. The van der Waals surface area contributed by atoms with Gasteiger partial charge in [-0.15, -0.1) is 5.10 Å². The summed E-state index contributed by atoms with van der Waals surface area (Å²) in [5.74, 6) is 0.612. The van der Waals surface area contributed by atoms with Gasteiger partial charge in [0.15, 0.2) is 0 Å². The van der Waals surface area contributed by atoms with Crippen LogP contribution < -0.4 is 0 Å². The third-order valence-corrected chi connectivity index (χ3v) is 5.06. The van der Waals surface area contributed by atoms with E-state index in [-0.39, 0.29) is 12.1 Å². The molecule has 4 rings (SSSR count). The first-order valence-electron chi connectivity index (χ1n) is 8.93. The molecule has 1 atom stereocenters. The monoisotopic (exact) mass is 335 g/mol. The van der Waals surface area contributed by atoms with Crippen molar-refractivity contribution in [2.75, 3.05) is 52.5 Å². The molecule has 1 unspecified atom stereocenters. The van der Waals surface area contributed by atoms with E-state index in [0.717, 1.165) is 51.5 Å². The van der Waals surface area contributed by atoms with Crippen molar-refractivity contribution < 1.29 is 14.3 Å². The molecule has 0 radical (unpaired) electrons. The smallest absolute Gasteiger partial charge is 0.409 e. The van der Waals surface area contributed by atoms with E-state index >= 15 is 0 Å². The Morgan fingerprint density at radius 3 is 2.88 bits per heavy atom. The van der Waals surface area contributed by atoms with Gasteiger partial charge in [0, 0.05) is 44.8 Å². The zero-order chi connectivity index (χ0) is 16.4. The number of ether oxygens (including phenoxy) is 2. The molecule has 132 valence electrons. The maximum atomic E-state index is 12.2. The lowest BCUT2D eigenvalue weighted by Gasteiger charge is -2.26. The fourth-order valence-electron chi connectivity index (χ4n) is 3.34. The lowest BCUT2D eigenvalue weighted by Crippen LogP contribution is -2.39. The van der Waals surface area contributed by atoms with Gasteiger partial charge in [-0.1, -0.05) is 5.21 Å². The van der Waals surface area contributed by atoms with Crippen LogP contribution in [0.25, 0.3) is 0 Å². The quantitative estimate of drug-likeness (QED) is 0.795. The first-order chi connectivity index (χ1) is 11.8. The molecule has 8 heteroatoms. The highest BCUT2D eigenvalue weighted by atomic mass is 16.6. The van der Waals surface area contributed by atoms with Crippen molar-refractivity contribution in [2.24, 2.45) is 0 Å². The number of amides is 1. The second-order valence-electron chi connectivity index (χ2n) is 6.85. The number of hydrogen-bond donors (Lipinski definition) is 0. The topological polar surface area (TPSA) is 72.7 Å². The van der Waals surface area contributed by atoms with Crippen molar-refractivity contribution >= 4 is 6.09 Å². The highest BCUT2D eigenvalue weighted by molar-refractivity contribution is 5.68. The number of nitrogens with zero attached hydrogens (tertiary/aromatic N) is 5. The first kappa shape index (κ1) is 15.8. The van der Waals surface area contributed by atoms with E-state index < -0.39 is 0 Å². The summed E-state index contributed by atoms with van der Waals surface area (Å²) in [6.07, 6.45) is 5.20. The molecule has 1 aliphatic carbocycles. The van der Waals surface area contributed by atoms with Crippen molar-refractivity contribution in [2.45, 2.75) is 31.2 Å². The van der Waals surface area contributed by atoms with Gasteiger partial charge in [-0.2, -0.15) is 0 Å². The summed E-state index contributed by atoms with van der Waals surface area (Å²) >= 11 is 0. The molecule has 2 saturated heterocycles. The SMILES string of the molecule is O=C(OCCN1CCOCC1)N1CCC(n2cc(C3CC3)nn2)C1. The van der Waals surface area contributed by atoms with Crippen LogP contribution in [-0.4, -0.2) is 83.4 Å². The standard InChI is InChI=1S/C16H25N5O3/c22-16(24-10-7-19-5-8-23-9-6-19)20-4-3-14(11-20)21-12-15(17-18-21)13-1-2-13/h12-14H,1-11H2. The van der Waals surface area contributed by atoms with Crippen molar-refractivity contribution in [1.29, 1.82) is 0 Å². The van der Waals surface area contributed by atoms with E-state index in [2.05, 4.69) is 21.4 Å². The lowest BCUT2D eigenvalue weighted by molar-refractivity contribution is 0.0253. The molecule has 24 heavy (non-hydrogen) atoms. The van der Waals surface area contributed by atoms with Gasteiger partial charge in [-0.05, 0) is 19.3 Å². The number of carbonyl (C=O) groups is 1. The second kappa shape index (κ2) is 7.06. The van der Waals surface area contributed by atoms with Gasteiger partial charge in [0.1, 0.15) is 6.61 Å². The van der Waals surface area contributed by atoms with Crippen LogP contribution in [0.3, 0.4) is 0 Å².